The Morgan fingerprint density at radius 2 is 2.00 bits per heavy atom. The number of methoxy groups -OCH3 is 1. The Bertz CT molecular complexity index is 352. The average Bonchev–Trinajstić information content (AvgIpc) is 2.10. The Morgan fingerprint density at radius 3 is 2.54 bits per heavy atom. The number of carbonyl (C=O) groups is 1. The molecule has 0 amide bonds. The quantitative estimate of drug-likeness (QED) is 0.646. The number of nitrogens with zero attached hydrogens (tertiary/aromatic N) is 2. The van der Waals surface area contributed by atoms with Gasteiger partial charge in [-0.25, -0.2) is 14.8 Å². The van der Waals surface area contributed by atoms with Gasteiger partial charge in [0.15, 0.2) is 5.69 Å². The van der Waals surface area contributed by atoms with Crippen LogP contribution in [0.3, 0.4) is 0 Å². The standard InChI is InChI=1S/C8H9ClN2O2/c1-4-6(9)7(8(12)13-3)11-5(2)10-4/h1-3H3. The van der Waals surface area contributed by atoms with E-state index in [9.17, 15) is 4.79 Å². The molecule has 5 heteroatoms. The first-order valence-corrected chi connectivity index (χ1v) is 4.03. The van der Waals surface area contributed by atoms with Crippen LogP contribution < -0.4 is 0 Å². The van der Waals surface area contributed by atoms with Crippen molar-refractivity contribution in [3.8, 4) is 0 Å². The summed E-state index contributed by atoms with van der Waals surface area (Å²) in [5.41, 5.74) is 0.698. The van der Waals surface area contributed by atoms with Crippen LogP contribution in [0.25, 0.3) is 0 Å². The number of rotatable bonds is 1. The van der Waals surface area contributed by atoms with Crippen LogP contribution in [0.1, 0.15) is 22.0 Å². The first-order valence-electron chi connectivity index (χ1n) is 3.65. The Balaban J connectivity index is 3.28. The Hall–Kier alpha value is -1.16. The minimum atomic E-state index is -0.543. The summed E-state index contributed by atoms with van der Waals surface area (Å²) in [6.07, 6.45) is 0. The van der Waals surface area contributed by atoms with Gasteiger partial charge in [-0.2, -0.15) is 0 Å². The fourth-order valence-corrected chi connectivity index (χ4v) is 1.09. The lowest BCUT2D eigenvalue weighted by Crippen LogP contribution is -2.08. The molecule has 0 aromatic carbocycles. The molecule has 0 saturated carbocycles. The van der Waals surface area contributed by atoms with Gasteiger partial charge in [-0.05, 0) is 13.8 Å². The lowest BCUT2D eigenvalue weighted by molar-refractivity contribution is 0.0593. The molecule has 1 heterocycles. The van der Waals surface area contributed by atoms with Crippen LogP contribution in [0.5, 0.6) is 0 Å². The average molecular weight is 201 g/mol. The molecule has 1 rings (SSSR count). The predicted octanol–water partition coefficient (Wildman–Crippen LogP) is 1.53. The molecule has 0 aliphatic heterocycles. The summed E-state index contributed by atoms with van der Waals surface area (Å²) in [6, 6.07) is 0. The van der Waals surface area contributed by atoms with E-state index in [1.54, 1.807) is 13.8 Å². The monoisotopic (exact) mass is 200 g/mol. The van der Waals surface area contributed by atoms with Crippen LogP contribution in [0, 0.1) is 13.8 Å². The number of aryl methyl sites for hydroxylation is 2. The van der Waals surface area contributed by atoms with Gasteiger partial charge in [-0.15, -0.1) is 0 Å². The number of hydrogen-bond acceptors (Lipinski definition) is 4. The van der Waals surface area contributed by atoms with Crippen molar-refractivity contribution in [2.75, 3.05) is 7.11 Å². The highest BCUT2D eigenvalue weighted by atomic mass is 35.5. The molecule has 0 bridgehead atoms. The topological polar surface area (TPSA) is 52.1 Å². The van der Waals surface area contributed by atoms with E-state index in [2.05, 4.69) is 14.7 Å². The summed E-state index contributed by atoms with van der Waals surface area (Å²) in [4.78, 5) is 19.0. The van der Waals surface area contributed by atoms with Crippen molar-refractivity contribution in [2.45, 2.75) is 13.8 Å². The van der Waals surface area contributed by atoms with Gasteiger partial charge in [-0.3, -0.25) is 0 Å². The third-order valence-corrected chi connectivity index (χ3v) is 1.96. The highest BCUT2D eigenvalue weighted by Crippen LogP contribution is 2.17. The van der Waals surface area contributed by atoms with Gasteiger partial charge >= 0.3 is 5.97 Å². The molecule has 70 valence electrons. The third kappa shape index (κ3) is 1.95. The third-order valence-electron chi connectivity index (χ3n) is 1.51. The van der Waals surface area contributed by atoms with E-state index in [0.29, 0.717) is 11.5 Å². The largest absolute Gasteiger partial charge is 0.464 e. The lowest BCUT2D eigenvalue weighted by atomic mass is 10.3. The predicted molar refractivity (Wildman–Crippen MR) is 47.9 cm³/mol. The van der Waals surface area contributed by atoms with Gasteiger partial charge in [0.1, 0.15) is 5.82 Å². The summed E-state index contributed by atoms with van der Waals surface area (Å²) in [7, 11) is 1.28. The molecular formula is C8H9ClN2O2. The van der Waals surface area contributed by atoms with Gasteiger partial charge in [0.05, 0.1) is 17.8 Å². The molecule has 0 spiro atoms. The van der Waals surface area contributed by atoms with E-state index in [4.69, 9.17) is 11.6 Å². The van der Waals surface area contributed by atoms with Crippen LogP contribution in [0.2, 0.25) is 5.02 Å². The molecule has 0 N–H and O–H groups in total. The fourth-order valence-electron chi connectivity index (χ4n) is 0.931. The normalized spacial score (nSPS) is 9.85. The molecular weight excluding hydrogens is 192 g/mol. The molecule has 0 aliphatic carbocycles. The van der Waals surface area contributed by atoms with E-state index < -0.39 is 5.97 Å². The van der Waals surface area contributed by atoms with Crippen molar-refractivity contribution in [3.05, 3.63) is 22.2 Å². The number of halogens is 1. The van der Waals surface area contributed by atoms with Crippen LogP contribution >= 0.6 is 11.6 Å². The highest BCUT2D eigenvalue weighted by Gasteiger charge is 2.15. The van der Waals surface area contributed by atoms with Crippen LogP contribution in [-0.4, -0.2) is 23.0 Å². The summed E-state index contributed by atoms with van der Waals surface area (Å²) in [5, 5.41) is 0.248. The van der Waals surface area contributed by atoms with E-state index in [-0.39, 0.29) is 10.7 Å². The highest BCUT2D eigenvalue weighted by molar-refractivity contribution is 6.33. The fraction of sp³-hybridized carbons (Fsp3) is 0.375. The molecule has 13 heavy (non-hydrogen) atoms. The maximum absolute atomic E-state index is 11.1. The van der Waals surface area contributed by atoms with E-state index >= 15 is 0 Å². The van der Waals surface area contributed by atoms with Crippen molar-refractivity contribution in [2.24, 2.45) is 0 Å². The van der Waals surface area contributed by atoms with Crippen molar-refractivity contribution in [1.82, 2.24) is 9.97 Å². The van der Waals surface area contributed by atoms with E-state index in [0.717, 1.165) is 0 Å². The maximum Gasteiger partial charge on any atom is 0.358 e. The van der Waals surface area contributed by atoms with Gasteiger partial charge < -0.3 is 4.74 Å². The number of ether oxygens (including phenoxy) is 1. The number of carbonyl (C=O) groups excluding carboxylic acids is 1. The number of esters is 1. The first kappa shape index (κ1) is 9.92. The Kier molecular flexibility index (Phi) is 2.83. The molecule has 1 aromatic heterocycles. The van der Waals surface area contributed by atoms with Crippen LogP contribution in [0.15, 0.2) is 0 Å². The molecule has 0 saturated heterocycles. The number of aromatic nitrogens is 2. The second kappa shape index (κ2) is 3.70. The molecule has 0 radical (unpaired) electrons. The van der Waals surface area contributed by atoms with Crippen molar-refractivity contribution < 1.29 is 9.53 Å². The minimum Gasteiger partial charge on any atom is -0.464 e. The summed E-state index contributed by atoms with van der Waals surface area (Å²) in [5.74, 6) is -0.0408. The summed E-state index contributed by atoms with van der Waals surface area (Å²) >= 11 is 5.81. The molecule has 0 aliphatic rings. The molecule has 1 aromatic rings. The first-order chi connectivity index (χ1) is 6.06. The second-order valence-electron chi connectivity index (χ2n) is 2.51. The summed E-state index contributed by atoms with van der Waals surface area (Å²) in [6.45, 7) is 3.40. The zero-order chi connectivity index (χ0) is 10.0. The zero-order valence-electron chi connectivity index (χ0n) is 7.59. The smallest absolute Gasteiger partial charge is 0.358 e. The number of hydrogen-bond donors (Lipinski definition) is 0. The minimum absolute atomic E-state index is 0.120. The van der Waals surface area contributed by atoms with Crippen molar-refractivity contribution in [1.29, 1.82) is 0 Å². The molecule has 0 unspecified atom stereocenters. The van der Waals surface area contributed by atoms with Gasteiger partial charge in [0, 0.05) is 0 Å². The van der Waals surface area contributed by atoms with E-state index in [1.165, 1.54) is 7.11 Å². The van der Waals surface area contributed by atoms with Crippen LogP contribution in [-0.2, 0) is 4.74 Å². The molecule has 0 fully saturated rings. The van der Waals surface area contributed by atoms with Gasteiger partial charge in [0.25, 0.3) is 0 Å². The lowest BCUT2D eigenvalue weighted by Gasteiger charge is -2.04. The Labute approximate surface area is 80.9 Å². The maximum atomic E-state index is 11.1. The SMILES string of the molecule is COC(=O)c1nc(C)nc(C)c1Cl. The Morgan fingerprint density at radius 1 is 1.38 bits per heavy atom. The molecule has 0 atom stereocenters. The van der Waals surface area contributed by atoms with Crippen molar-refractivity contribution >= 4 is 17.6 Å². The van der Waals surface area contributed by atoms with Crippen LogP contribution in [0.4, 0.5) is 0 Å². The second-order valence-corrected chi connectivity index (χ2v) is 2.89. The van der Waals surface area contributed by atoms with Gasteiger partial charge in [0.2, 0.25) is 0 Å². The summed E-state index contributed by atoms with van der Waals surface area (Å²) < 4.78 is 4.51. The van der Waals surface area contributed by atoms with Crippen molar-refractivity contribution in [3.63, 3.8) is 0 Å². The zero-order valence-corrected chi connectivity index (χ0v) is 8.34. The van der Waals surface area contributed by atoms with Gasteiger partial charge in [-0.1, -0.05) is 11.6 Å². The molecule has 4 nitrogen and oxygen atoms in total. The van der Waals surface area contributed by atoms with E-state index in [1.807, 2.05) is 0 Å².